The predicted octanol–water partition coefficient (Wildman–Crippen LogP) is 1.40. The lowest BCUT2D eigenvalue weighted by atomic mass is 9.86. The summed E-state index contributed by atoms with van der Waals surface area (Å²) in [6.45, 7) is 0.835. The first-order valence-corrected chi connectivity index (χ1v) is 11.3. The summed E-state index contributed by atoms with van der Waals surface area (Å²) < 4.78 is 27.0. The van der Waals surface area contributed by atoms with Crippen molar-refractivity contribution in [2.24, 2.45) is 23.0 Å². The van der Waals surface area contributed by atoms with Crippen molar-refractivity contribution >= 4 is 28.6 Å². The number of amides is 1. The molecular weight excluding hydrogens is 443 g/mol. The Bertz CT molecular complexity index is 1280. The number of aromatic nitrogens is 2. The second-order valence-corrected chi connectivity index (χ2v) is 8.65. The number of pyridine rings is 2. The second-order valence-electron chi connectivity index (χ2n) is 8.65. The van der Waals surface area contributed by atoms with E-state index in [2.05, 4.69) is 25.6 Å². The molecule has 0 unspecified atom stereocenters. The lowest BCUT2D eigenvalue weighted by Crippen LogP contribution is -2.46. The average Bonchev–Trinajstić information content (AvgIpc) is 2.85. The van der Waals surface area contributed by atoms with Crippen molar-refractivity contribution in [3.8, 4) is 5.75 Å². The number of rotatable bonds is 6. The van der Waals surface area contributed by atoms with Gasteiger partial charge >= 0.3 is 0 Å². The van der Waals surface area contributed by atoms with Gasteiger partial charge in [0, 0.05) is 19.2 Å². The minimum atomic E-state index is -0.573. The maximum atomic E-state index is 14.5. The number of hydrogen-bond acceptors (Lipinski definition) is 8. The zero-order chi connectivity index (χ0) is 23.7. The number of carbonyl (C=O) groups is 1. The van der Waals surface area contributed by atoms with Crippen LogP contribution in [0.5, 0.6) is 5.75 Å². The Kier molecular flexibility index (Phi) is 6.10. The van der Waals surface area contributed by atoms with Gasteiger partial charge in [0.2, 0.25) is 0 Å². The predicted molar refractivity (Wildman–Crippen MR) is 123 cm³/mol. The lowest BCUT2D eigenvalue weighted by molar-refractivity contribution is -0.121. The van der Waals surface area contributed by atoms with Gasteiger partial charge in [0.1, 0.15) is 11.4 Å². The summed E-state index contributed by atoms with van der Waals surface area (Å²) in [5, 5.41) is 6.53. The van der Waals surface area contributed by atoms with Gasteiger partial charge < -0.3 is 24.7 Å². The van der Waals surface area contributed by atoms with Gasteiger partial charge in [0.15, 0.2) is 29.8 Å². The first kappa shape index (κ1) is 22.2. The molecule has 0 aromatic carbocycles. The summed E-state index contributed by atoms with van der Waals surface area (Å²) in [6.07, 6.45) is 6.46. The number of ether oxygens (including phenoxy) is 2. The minimum Gasteiger partial charge on any atom is -0.488 e. The molecule has 0 radical (unpaired) electrons. The first-order chi connectivity index (χ1) is 16.5. The highest BCUT2D eigenvalue weighted by Crippen LogP contribution is 2.29. The molecule has 11 heteroatoms. The largest absolute Gasteiger partial charge is 0.488 e. The molecule has 4 heterocycles. The van der Waals surface area contributed by atoms with E-state index in [1.807, 2.05) is 0 Å². The normalized spacial score (nSPS) is 22.2. The third-order valence-electron chi connectivity index (χ3n) is 6.33. The molecule has 1 aliphatic carbocycles. The van der Waals surface area contributed by atoms with E-state index >= 15 is 0 Å². The van der Waals surface area contributed by atoms with Crippen molar-refractivity contribution in [2.45, 2.75) is 31.7 Å². The van der Waals surface area contributed by atoms with Crippen LogP contribution in [-0.4, -0.2) is 52.9 Å². The Morgan fingerprint density at radius 2 is 2.09 bits per heavy atom. The molecule has 34 heavy (non-hydrogen) atoms. The van der Waals surface area contributed by atoms with E-state index in [0.717, 1.165) is 31.9 Å². The molecule has 2 N–H and O–H groups in total. The van der Waals surface area contributed by atoms with E-state index in [1.165, 1.54) is 10.6 Å². The van der Waals surface area contributed by atoms with Crippen LogP contribution in [0.4, 0.5) is 4.39 Å². The van der Waals surface area contributed by atoms with Gasteiger partial charge in [-0.25, -0.2) is 9.38 Å². The van der Waals surface area contributed by atoms with E-state index < -0.39 is 5.82 Å². The fraction of sp³-hybridized carbons (Fsp3) is 0.435. The summed E-state index contributed by atoms with van der Waals surface area (Å²) in [5.41, 5.74) is 0.646. The summed E-state index contributed by atoms with van der Waals surface area (Å²) >= 11 is 0. The van der Waals surface area contributed by atoms with Gasteiger partial charge in [-0.05, 0) is 37.7 Å². The number of aryl methyl sites for hydroxylation is 1. The second kappa shape index (κ2) is 9.34. The topological polar surface area (TPSA) is 119 Å². The van der Waals surface area contributed by atoms with Crippen molar-refractivity contribution in [1.82, 2.24) is 20.2 Å². The number of carbonyl (C=O) groups excluding carboxylic acids is 1. The Labute approximate surface area is 194 Å². The minimum absolute atomic E-state index is 0.0603. The molecule has 1 saturated carbocycles. The maximum absolute atomic E-state index is 14.5. The van der Waals surface area contributed by atoms with Crippen LogP contribution >= 0.6 is 0 Å². The molecule has 10 nitrogen and oxygen atoms in total. The summed E-state index contributed by atoms with van der Waals surface area (Å²) in [7, 11) is 1.59. The summed E-state index contributed by atoms with van der Waals surface area (Å²) in [6, 6.07) is 3.30. The van der Waals surface area contributed by atoms with Crippen LogP contribution in [0.15, 0.2) is 45.1 Å². The van der Waals surface area contributed by atoms with Crippen molar-refractivity contribution < 1.29 is 18.7 Å². The van der Waals surface area contributed by atoms with E-state index in [-0.39, 0.29) is 29.7 Å². The summed E-state index contributed by atoms with van der Waals surface area (Å²) in [5.74, 6) is 1.02. The van der Waals surface area contributed by atoms with Crippen molar-refractivity contribution in [2.75, 3.05) is 19.8 Å². The van der Waals surface area contributed by atoms with Gasteiger partial charge in [0.05, 0.1) is 31.1 Å². The zero-order valence-corrected chi connectivity index (χ0v) is 18.7. The third-order valence-corrected chi connectivity index (χ3v) is 6.33. The summed E-state index contributed by atoms with van der Waals surface area (Å²) in [4.78, 5) is 35.8. The molecule has 5 rings (SSSR count). The monoisotopic (exact) mass is 468 g/mol. The van der Waals surface area contributed by atoms with E-state index in [0.29, 0.717) is 47.7 Å². The highest BCUT2D eigenvalue weighted by molar-refractivity contribution is 6.15. The zero-order valence-electron chi connectivity index (χ0n) is 18.7. The van der Waals surface area contributed by atoms with Crippen LogP contribution < -0.4 is 20.9 Å². The molecule has 0 atom stereocenters. The van der Waals surface area contributed by atoms with E-state index in [1.54, 1.807) is 19.3 Å². The first-order valence-electron chi connectivity index (χ1n) is 11.3. The number of aliphatic imine (C=N–C) groups is 2. The molecule has 0 bridgehead atoms. The standard InChI is InChI=1S/C23H25FN6O4/c1-30-20(32)7-6-16-21(30)22(15(24)8-26-16)34-11-13-2-4-14(5-3-13)25-10-18-27-9-17-23(28-18)29-19(31)12-33-17/h6-9,13-14,25H,2-5,10-12H2,1H3,(H,27,28,29,31)/t13-,14-. The molecule has 0 spiro atoms. The van der Waals surface area contributed by atoms with Gasteiger partial charge in [0.25, 0.3) is 11.5 Å². The molecule has 2 aliphatic heterocycles. The number of nitrogens with zero attached hydrogens (tertiary/aromatic N) is 4. The number of hydrogen-bond donors (Lipinski definition) is 2. The molecule has 0 saturated heterocycles. The average molecular weight is 468 g/mol. The molecule has 1 amide bonds. The van der Waals surface area contributed by atoms with Crippen molar-refractivity contribution in [3.05, 3.63) is 46.5 Å². The Hall–Kier alpha value is -3.60. The number of amidine groups is 2. The molecule has 3 aliphatic rings. The molecule has 1 fully saturated rings. The highest BCUT2D eigenvalue weighted by Gasteiger charge is 2.25. The molecule has 2 aromatic heterocycles. The fourth-order valence-corrected chi connectivity index (χ4v) is 4.41. The van der Waals surface area contributed by atoms with Gasteiger partial charge in [-0.2, -0.15) is 4.99 Å². The fourth-order valence-electron chi connectivity index (χ4n) is 4.41. The maximum Gasteiger partial charge on any atom is 0.285 e. The Morgan fingerprint density at radius 1 is 1.26 bits per heavy atom. The van der Waals surface area contributed by atoms with Crippen molar-refractivity contribution in [1.29, 1.82) is 0 Å². The lowest BCUT2D eigenvalue weighted by Gasteiger charge is -2.30. The van der Waals surface area contributed by atoms with Crippen LogP contribution in [0.3, 0.4) is 0 Å². The van der Waals surface area contributed by atoms with Crippen LogP contribution in [0.25, 0.3) is 11.0 Å². The van der Waals surface area contributed by atoms with E-state index in [4.69, 9.17) is 9.47 Å². The third kappa shape index (κ3) is 4.56. The van der Waals surface area contributed by atoms with Crippen LogP contribution in [-0.2, 0) is 16.6 Å². The Morgan fingerprint density at radius 3 is 2.91 bits per heavy atom. The van der Waals surface area contributed by atoms with Gasteiger partial charge in [-0.15, -0.1) is 0 Å². The van der Waals surface area contributed by atoms with Crippen molar-refractivity contribution in [3.63, 3.8) is 0 Å². The number of fused-ring (bicyclic) bond motifs is 2. The SMILES string of the molecule is Cn1c(=O)ccc2ncc(F)c(OC[C@H]3CC[C@H](NCC4=NC=C5OCC(=O)N=C5N4)CC3)c21. The van der Waals surface area contributed by atoms with Crippen LogP contribution in [0.1, 0.15) is 25.7 Å². The number of nitrogens with one attached hydrogen (secondary N) is 2. The Balaban J connectivity index is 1.13. The molecular formula is C23H25FN6O4. The molecule has 2 aromatic rings. The number of halogens is 1. The van der Waals surface area contributed by atoms with E-state index in [9.17, 15) is 14.0 Å². The van der Waals surface area contributed by atoms with Crippen LogP contribution in [0, 0.1) is 11.7 Å². The molecule has 178 valence electrons. The quantitative estimate of drug-likeness (QED) is 0.658. The van der Waals surface area contributed by atoms with Gasteiger partial charge in [-0.3, -0.25) is 14.6 Å². The van der Waals surface area contributed by atoms with Crippen LogP contribution in [0.2, 0.25) is 0 Å². The smallest absolute Gasteiger partial charge is 0.285 e. The highest BCUT2D eigenvalue weighted by atomic mass is 19.1. The van der Waals surface area contributed by atoms with Gasteiger partial charge in [-0.1, -0.05) is 0 Å².